The summed E-state index contributed by atoms with van der Waals surface area (Å²) in [5, 5.41) is 13.6. The van der Waals surface area contributed by atoms with Gasteiger partial charge in [-0.1, -0.05) is 6.07 Å². The molecular weight excluding hydrogens is 291 g/mol. The summed E-state index contributed by atoms with van der Waals surface area (Å²) < 4.78 is 39.2. The lowest BCUT2D eigenvalue weighted by Gasteiger charge is -2.14. The highest BCUT2D eigenvalue weighted by Crippen LogP contribution is 2.20. The van der Waals surface area contributed by atoms with Gasteiger partial charge < -0.3 is 5.11 Å². The number of benzene rings is 1. The van der Waals surface area contributed by atoms with Crippen molar-refractivity contribution in [2.24, 2.45) is 0 Å². The molecule has 1 heterocycles. The lowest BCUT2D eigenvalue weighted by Crippen LogP contribution is -2.28. The molecule has 1 aromatic heterocycles. The number of nitrogens with one attached hydrogen (secondary N) is 1. The molecule has 7 heteroatoms. The van der Waals surface area contributed by atoms with Crippen molar-refractivity contribution in [2.75, 3.05) is 0 Å². The number of thiophene rings is 1. The number of carboxylic acids is 1. The van der Waals surface area contributed by atoms with E-state index in [-0.39, 0.29) is 12.1 Å². The van der Waals surface area contributed by atoms with Crippen LogP contribution in [0.4, 0.5) is 13.2 Å². The van der Waals surface area contributed by atoms with Gasteiger partial charge in [-0.05, 0) is 29.1 Å². The number of aliphatic carboxylic acids is 1. The van der Waals surface area contributed by atoms with E-state index >= 15 is 0 Å². The summed E-state index contributed by atoms with van der Waals surface area (Å²) in [5.41, 5.74) is -0.176. The summed E-state index contributed by atoms with van der Waals surface area (Å²) in [6.45, 7) is 0.231. The Bertz CT molecular complexity index is 593. The molecule has 2 aromatic rings. The molecule has 1 atom stereocenters. The van der Waals surface area contributed by atoms with E-state index in [0.29, 0.717) is 12.1 Å². The van der Waals surface area contributed by atoms with E-state index in [4.69, 9.17) is 5.11 Å². The Morgan fingerprint density at radius 2 is 1.95 bits per heavy atom. The quantitative estimate of drug-likeness (QED) is 0.834. The number of rotatable bonds is 5. The van der Waals surface area contributed by atoms with Crippen molar-refractivity contribution in [1.29, 1.82) is 0 Å². The average molecular weight is 301 g/mol. The molecular formula is C13H10F3NO2S. The first-order valence-corrected chi connectivity index (χ1v) is 6.50. The number of hydrogen-bond acceptors (Lipinski definition) is 3. The van der Waals surface area contributed by atoms with E-state index in [9.17, 15) is 18.0 Å². The summed E-state index contributed by atoms with van der Waals surface area (Å²) in [4.78, 5) is 12.0. The lowest BCUT2D eigenvalue weighted by atomic mass is 10.1. The van der Waals surface area contributed by atoms with Crippen molar-refractivity contribution in [2.45, 2.75) is 12.6 Å². The van der Waals surface area contributed by atoms with E-state index in [1.54, 1.807) is 12.1 Å². The van der Waals surface area contributed by atoms with E-state index in [1.165, 1.54) is 11.3 Å². The Hall–Kier alpha value is -1.86. The first kappa shape index (κ1) is 14.5. The molecule has 3 nitrogen and oxygen atoms in total. The maximum absolute atomic E-state index is 13.1. The predicted molar refractivity (Wildman–Crippen MR) is 67.9 cm³/mol. The molecule has 0 bridgehead atoms. The van der Waals surface area contributed by atoms with Crippen molar-refractivity contribution in [1.82, 2.24) is 5.32 Å². The summed E-state index contributed by atoms with van der Waals surface area (Å²) in [6.07, 6.45) is 0. The molecule has 106 valence electrons. The van der Waals surface area contributed by atoms with Crippen LogP contribution in [-0.4, -0.2) is 11.1 Å². The average Bonchev–Trinajstić information content (AvgIpc) is 2.88. The first-order chi connectivity index (χ1) is 9.49. The van der Waals surface area contributed by atoms with E-state index < -0.39 is 29.5 Å². The zero-order valence-corrected chi connectivity index (χ0v) is 10.9. The van der Waals surface area contributed by atoms with Gasteiger partial charge in [0.25, 0.3) is 0 Å². The largest absolute Gasteiger partial charge is 0.480 e. The van der Waals surface area contributed by atoms with Gasteiger partial charge in [-0.3, -0.25) is 10.1 Å². The second-order valence-corrected chi connectivity index (χ2v) is 5.06. The van der Waals surface area contributed by atoms with Crippen LogP contribution < -0.4 is 5.32 Å². The Kier molecular flexibility index (Phi) is 4.41. The topological polar surface area (TPSA) is 49.3 Å². The van der Waals surface area contributed by atoms with Crippen LogP contribution in [0.3, 0.4) is 0 Å². The van der Waals surface area contributed by atoms with Crippen molar-refractivity contribution in [3.05, 3.63) is 57.5 Å². The van der Waals surface area contributed by atoms with Crippen LogP contribution in [0.2, 0.25) is 0 Å². The smallest absolute Gasteiger partial charge is 0.325 e. The van der Waals surface area contributed by atoms with Crippen LogP contribution in [0.15, 0.2) is 29.6 Å². The molecule has 0 saturated heterocycles. The highest BCUT2D eigenvalue weighted by atomic mass is 32.1. The molecule has 0 radical (unpaired) electrons. The van der Waals surface area contributed by atoms with Crippen LogP contribution in [0.1, 0.15) is 16.5 Å². The molecule has 0 spiro atoms. The van der Waals surface area contributed by atoms with Crippen LogP contribution >= 0.6 is 11.3 Å². The fourth-order valence-electron chi connectivity index (χ4n) is 1.71. The van der Waals surface area contributed by atoms with Crippen molar-refractivity contribution < 1.29 is 23.1 Å². The SMILES string of the molecule is O=C(O)C(NCc1cccs1)c1cc(F)c(F)c(F)c1. The highest BCUT2D eigenvalue weighted by Gasteiger charge is 2.22. The fourth-order valence-corrected chi connectivity index (χ4v) is 2.36. The molecule has 0 aliphatic carbocycles. The molecule has 2 N–H and O–H groups in total. The minimum absolute atomic E-state index is 0.176. The second kappa shape index (κ2) is 6.06. The van der Waals surface area contributed by atoms with Crippen LogP contribution in [0, 0.1) is 17.5 Å². The highest BCUT2D eigenvalue weighted by molar-refractivity contribution is 7.09. The van der Waals surface area contributed by atoms with Crippen molar-refractivity contribution in [3.8, 4) is 0 Å². The Morgan fingerprint density at radius 3 is 2.45 bits per heavy atom. The molecule has 0 aliphatic heterocycles. The third kappa shape index (κ3) is 3.17. The maximum atomic E-state index is 13.1. The molecule has 1 aromatic carbocycles. The van der Waals surface area contributed by atoms with Gasteiger partial charge in [-0.2, -0.15) is 0 Å². The zero-order valence-electron chi connectivity index (χ0n) is 10.1. The first-order valence-electron chi connectivity index (χ1n) is 5.62. The van der Waals surface area contributed by atoms with Gasteiger partial charge in [-0.25, -0.2) is 13.2 Å². The van der Waals surface area contributed by atoms with Crippen molar-refractivity contribution >= 4 is 17.3 Å². The zero-order chi connectivity index (χ0) is 14.7. The summed E-state index contributed by atoms with van der Waals surface area (Å²) in [5.74, 6) is -5.74. The lowest BCUT2D eigenvalue weighted by molar-refractivity contribution is -0.139. The number of halogens is 3. The van der Waals surface area contributed by atoms with Crippen LogP contribution in [-0.2, 0) is 11.3 Å². The minimum atomic E-state index is -1.61. The molecule has 0 saturated carbocycles. The Labute approximate surface area is 116 Å². The molecule has 1 unspecified atom stereocenters. The number of carbonyl (C=O) groups is 1. The van der Waals surface area contributed by atoms with Gasteiger partial charge in [0, 0.05) is 11.4 Å². The molecule has 20 heavy (non-hydrogen) atoms. The van der Waals surface area contributed by atoms with E-state index in [0.717, 1.165) is 4.88 Å². The van der Waals surface area contributed by atoms with E-state index in [2.05, 4.69) is 5.32 Å². The van der Waals surface area contributed by atoms with Gasteiger partial charge in [0.15, 0.2) is 17.5 Å². The van der Waals surface area contributed by atoms with E-state index in [1.807, 2.05) is 5.38 Å². The van der Waals surface area contributed by atoms with Crippen LogP contribution in [0.25, 0.3) is 0 Å². The predicted octanol–water partition coefficient (Wildman–Crippen LogP) is 3.08. The minimum Gasteiger partial charge on any atom is -0.480 e. The summed E-state index contributed by atoms with van der Waals surface area (Å²) in [6, 6.07) is 3.63. The molecule has 0 fully saturated rings. The summed E-state index contributed by atoms with van der Waals surface area (Å²) in [7, 11) is 0. The second-order valence-electron chi connectivity index (χ2n) is 4.03. The van der Waals surface area contributed by atoms with Crippen molar-refractivity contribution in [3.63, 3.8) is 0 Å². The Morgan fingerprint density at radius 1 is 1.30 bits per heavy atom. The number of hydrogen-bond donors (Lipinski definition) is 2. The van der Waals surface area contributed by atoms with Gasteiger partial charge in [0.2, 0.25) is 0 Å². The van der Waals surface area contributed by atoms with Crippen LogP contribution in [0.5, 0.6) is 0 Å². The van der Waals surface area contributed by atoms with Gasteiger partial charge in [-0.15, -0.1) is 11.3 Å². The number of carboxylic acid groups (broad SMARTS) is 1. The summed E-state index contributed by atoms with van der Waals surface area (Å²) >= 11 is 1.42. The fraction of sp³-hybridized carbons (Fsp3) is 0.154. The standard InChI is InChI=1S/C13H10F3NO2S/c14-9-4-7(5-10(15)11(9)16)12(13(18)19)17-6-8-2-1-3-20-8/h1-5,12,17H,6H2,(H,18,19). The Balaban J connectivity index is 2.22. The maximum Gasteiger partial charge on any atom is 0.325 e. The molecule has 0 amide bonds. The molecule has 2 rings (SSSR count). The monoisotopic (exact) mass is 301 g/mol. The normalized spacial score (nSPS) is 12.3. The third-order valence-corrected chi connectivity index (χ3v) is 3.52. The molecule has 0 aliphatic rings. The third-order valence-electron chi connectivity index (χ3n) is 2.65. The van der Waals surface area contributed by atoms with Gasteiger partial charge in [0.1, 0.15) is 6.04 Å². The van der Waals surface area contributed by atoms with Gasteiger partial charge in [0.05, 0.1) is 0 Å². The van der Waals surface area contributed by atoms with Gasteiger partial charge >= 0.3 is 5.97 Å².